The van der Waals surface area contributed by atoms with Gasteiger partial charge in [0.15, 0.2) is 4.96 Å². The van der Waals surface area contributed by atoms with Crippen LogP contribution in [0.25, 0.3) is 4.96 Å². The molecular formula is C15H16N4S2. The zero-order chi connectivity index (χ0) is 14.8. The van der Waals surface area contributed by atoms with Crippen LogP contribution in [-0.2, 0) is 13.1 Å². The SMILES string of the molecule is CN(Cc1cccc(C(N)=S)c1)Cc1cn2ccsc2n1. The van der Waals surface area contributed by atoms with Gasteiger partial charge in [-0.25, -0.2) is 4.98 Å². The molecule has 2 N–H and O–H groups in total. The van der Waals surface area contributed by atoms with Crippen LogP contribution in [0.1, 0.15) is 16.8 Å². The van der Waals surface area contributed by atoms with Crippen LogP contribution >= 0.6 is 23.6 Å². The minimum Gasteiger partial charge on any atom is -0.389 e. The average molecular weight is 316 g/mol. The molecular weight excluding hydrogens is 300 g/mol. The molecule has 0 spiro atoms. The second-order valence-electron chi connectivity index (χ2n) is 5.06. The molecule has 0 aliphatic carbocycles. The second kappa shape index (κ2) is 5.93. The number of benzene rings is 1. The van der Waals surface area contributed by atoms with E-state index in [4.69, 9.17) is 18.0 Å². The topological polar surface area (TPSA) is 46.6 Å². The van der Waals surface area contributed by atoms with Gasteiger partial charge >= 0.3 is 0 Å². The lowest BCUT2D eigenvalue weighted by Gasteiger charge is -2.15. The fourth-order valence-electron chi connectivity index (χ4n) is 2.32. The Labute approximate surface area is 132 Å². The van der Waals surface area contributed by atoms with E-state index in [-0.39, 0.29) is 0 Å². The number of thiocarbonyl (C=S) groups is 1. The standard InChI is InChI=1S/C15H16N4S2/c1-18(8-11-3-2-4-12(7-11)14(16)20)9-13-10-19-5-6-21-15(19)17-13/h2-7,10H,8-9H2,1H3,(H2,16,20). The maximum Gasteiger partial charge on any atom is 0.193 e. The molecule has 0 bridgehead atoms. The maximum absolute atomic E-state index is 5.67. The van der Waals surface area contributed by atoms with E-state index in [0.717, 1.165) is 29.3 Å². The molecule has 0 atom stereocenters. The van der Waals surface area contributed by atoms with Gasteiger partial charge in [0, 0.05) is 36.4 Å². The molecule has 4 nitrogen and oxygen atoms in total. The van der Waals surface area contributed by atoms with Gasteiger partial charge < -0.3 is 5.73 Å². The van der Waals surface area contributed by atoms with Gasteiger partial charge in [-0.2, -0.15) is 0 Å². The zero-order valence-electron chi connectivity index (χ0n) is 11.7. The number of nitrogens with two attached hydrogens (primary N) is 1. The fourth-order valence-corrected chi connectivity index (χ4v) is 3.17. The third kappa shape index (κ3) is 3.29. The van der Waals surface area contributed by atoms with Crippen LogP contribution in [0.15, 0.2) is 42.0 Å². The number of hydrogen-bond donors (Lipinski definition) is 1. The minimum atomic E-state index is 0.439. The summed E-state index contributed by atoms with van der Waals surface area (Å²) < 4.78 is 2.06. The normalized spacial score (nSPS) is 11.3. The molecule has 1 aromatic carbocycles. The maximum atomic E-state index is 5.67. The first-order chi connectivity index (χ1) is 10.1. The van der Waals surface area contributed by atoms with Crippen molar-refractivity contribution in [3.05, 3.63) is 58.9 Å². The number of nitrogens with zero attached hydrogens (tertiary/aromatic N) is 3. The molecule has 0 aliphatic rings. The summed E-state index contributed by atoms with van der Waals surface area (Å²) in [6, 6.07) is 8.06. The summed E-state index contributed by atoms with van der Waals surface area (Å²) in [6.45, 7) is 1.65. The van der Waals surface area contributed by atoms with Gasteiger partial charge in [0.2, 0.25) is 0 Å². The lowest BCUT2D eigenvalue weighted by molar-refractivity contribution is 0.315. The van der Waals surface area contributed by atoms with E-state index in [2.05, 4.69) is 33.6 Å². The molecule has 6 heteroatoms. The Morgan fingerprint density at radius 1 is 1.43 bits per heavy atom. The molecule has 2 aromatic heterocycles. The largest absolute Gasteiger partial charge is 0.389 e. The molecule has 3 aromatic rings. The Morgan fingerprint density at radius 3 is 3.05 bits per heavy atom. The molecule has 0 saturated heterocycles. The van der Waals surface area contributed by atoms with E-state index in [1.165, 1.54) is 5.56 Å². The first kappa shape index (κ1) is 14.2. The van der Waals surface area contributed by atoms with Gasteiger partial charge in [0.25, 0.3) is 0 Å². The smallest absolute Gasteiger partial charge is 0.193 e. The van der Waals surface area contributed by atoms with Gasteiger partial charge in [-0.15, -0.1) is 11.3 Å². The van der Waals surface area contributed by atoms with Gasteiger partial charge in [-0.1, -0.05) is 30.4 Å². The molecule has 0 saturated carbocycles. The lowest BCUT2D eigenvalue weighted by Crippen LogP contribution is -2.18. The monoisotopic (exact) mass is 316 g/mol. The molecule has 3 rings (SSSR count). The summed E-state index contributed by atoms with van der Waals surface area (Å²) in [5.41, 5.74) is 8.87. The first-order valence-electron chi connectivity index (χ1n) is 6.60. The Kier molecular flexibility index (Phi) is 4.01. The Balaban J connectivity index is 1.68. The van der Waals surface area contributed by atoms with E-state index in [1.54, 1.807) is 11.3 Å². The fraction of sp³-hybridized carbons (Fsp3) is 0.200. The van der Waals surface area contributed by atoms with E-state index in [0.29, 0.717) is 4.99 Å². The lowest BCUT2D eigenvalue weighted by atomic mass is 10.1. The Hall–Kier alpha value is -1.76. The van der Waals surface area contributed by atoms with Crippen molar-refractivity contribution in [2.24, 2.45) is 5.73 Å². The molecule has 0 radical (unpaired) electrons. The average Bonchev–Trinajstić information content (AvgIpc) is 2.99. The number of hydrogen-bond acceptors (Lipinski definition) is 4. The van der Waals surface area contributed by atoms with E-state index in [9.17, 15) is 0 Å². The van der Waals surface area contributed by atoms with Crippen LogP contribution in [0.5, 0.6) is 0 Å². The highest BCUT2D eigenvalue weighted by molar-refractivity contribution is 7.80. The molecule has 0 fully saturated rings. The van der Waals surface area contributed by atoms with Gasteiger partial charge in [-0.3, -0.25) is 9.30 Å². The van der Waals surface area contributed by atoms with Crippen LogP contribution < -0.4 is 5.73 Å². The quantitative estimate of drug-likeness (QED) is 0.735. The van der Waals surface area contributed by atoms with E-state index < -0.39 is 0 Å². The van der Waals surface area contributed by atoms with Crippen LogP contribution in [0, 0.1) is 0 Å². The van der Waals surface area contributed by atoms with Crippen molar-refractivity contribution in [3.63, 3.8) is 0 Å². The van der Waals surface area contributed by atoms with Crippen molar-refractivity contribution in [3.8, 4) is 0 Å². The Morgan fingerprint density at radius 2 is 2.29 bits per heavy atom. The molecule has 108 valence electrons. The van der Waals surface area contributed by atoms with Crippen LogP contribution in [0.2, 0.25) is 0 Å². The van der Waals surface area contributed by atoms with E-state index >= 15 is 0 Å². The van der Waals surface area contributed by atoms with Crippen LogP contribution in [0.4, 0.5) is 0 Å². The van der Waals surface area contributed by atoms with Crippen molar-refractivity contribution in [2.75, 3.05) is 7.05 Å². The predicted octanol–water partition coefficient (Wildman–Crippen LogP) is 2.66. The van der Waals surface area contributed by atoms with Gasteiger partial charge in [0.1, 0.15) is 4.99 Å². The van der Waals surface area contributed by atoms with Gasteiger partial charge in [-0.05, 0) is 18.7 Å². The summed E-state index contributed by atoms with van der Waals surface area (Å²) in [5, 5.41) is 2.04. The number of rotatable bonds is 5. The third-order valence-corrected chi connectivity index (χ3v) is 4.25. The zero-order valence-corrected chi connectivity index (χ0v) is 13.3. The molecule has 21 heavy (non-hydrogen) atoms. The predicted molar refractivity (Wildman–Crippen MR) is 90.6 cm³/mol. The summed E-state index contributed by atoms with van der Waals surface area (Å²) in [6.07, 6.45) is 4.11. The highest BCUT2D eigenvalue weighted by Crippen LogP contribution is 2.14. The van der Waals surface area contributed by atoms with Crippen molar-refractivity contribution >= 4 is 33.5 Å². The molecule has 0 amide bonds. The van der Waals surface area contributed by atoms with E-state index in [1.807, 2.05) is 29.8 Å². The Bertz CT molecular complexity index is 746. The number of fused-ring (bicyclic) bond motifs is 1. The van der Waals surface area contributed by atoms with Crippen LogP contribution in [-0.4, -0.2) is 26.3 Å². The highest BCUT2D eigenvalue weighted by Gasteiger charge is 2.07. The molecule has 2 heterocycles. The highest BCUT2D eigenvalue weighted by atomic mass is 32.1. The molecule has 0 aliphatic heterocycles. The van der Waals surface area contributed by atoms with Crippen molar-refractivity contribution in [1.82, 2.24) is 14.3 Å². The van der Waals surface area contributed by atoms with Crippen LogP contribution in [0.3, 0.4) is 0 Å². The summed E-state index contributed by atoms with van der Waals surface area (Å²) in [4.78, 5) is 8.30. The number of imidazole rings is 1. The summed E-state index contributed by atoms with van der Waals surface area (Å²) >= 11 is 6.67. The number of thiazole rings is 1. The minimum absolute atomic E-state index is 0.439. The van der Waals surface area contributed by atoms with Gasteiger partial charge in [0.05, 0.1) is 5.69 Å². The summed E-state index contributed by atoms with van der Waals surface area (Å²) in [5.74, 6) is 0. The van der Waals surface area contributed by atoms with Crippen molar-refractivity contribution < 1.29 is 0 Å². The first-order valence-corrected chi connectivity index (χ1v) is 7.89. The number of aromatic nitrogens is 2. The second-order valence-corrected chi connectivity index (χ2v) is 6.37. The molecule has 0 unspecified atom stereocenters. The van der Waals surface area contributed by atoms with Crippen molar-refractivity contribution in [2.45, 2.75) is 13.1 Å². The van der Waals surface area contributed by atoms with Crippen molar-refractivity contribution in [1.29, 1.82) is 0 Å². The summed E-state index contributed by atoms with van der Waals surface area (Å²) in [7, 11) is 2.08. The third-order valence-electron chi connectivity index (χ3n) is 3.24.